The zero-order valence-corrected chi connectivity index (χ0v) is 11.5. The maximum absolute atomic E-state index is 13.5. The summed E-state index contributed by atoms with van der Waals surface area (Å²) in [6.07, 6.45) is 0. The molecular weight excluding hydrogens is 320 g/mol. The topological polar surface area (TPSA) is 61.0 Å². The molecule has 1 aromatic carbocycles. The molecule has 0 amide bonds. The van der Waals surface area contributed by atoms with Gasteiger partial charge in [-0.15, -0.1) is 0 Å². The molecule has 0 spiro atoms. The van der Waals surface area contributed by atoms with Crippen molar-refractivity contribution in [3.8, 4) is 11.4 Å². The number of benzene rings is 1. The van der Waals surface area contributed by atoms with E-state index in [1.54, 1.807) is 6.07 Å². The summed E-state index contributed by atoms with van der Waals surface area (Å²) in [4.78, 5) is 8.20. The van der Waals surface area contributed by atoms with Gasteiger partial charge in [-0.25, -0.2) is 18.7 Å². The third-order valence-corrected chi connectivity index (χ3v) is 3.14. The Hall–Kier alpha value is -1.60. The third kappa shape index (κ3) is 2.87. The molecule has 2 rings (SSSR count). The summed E-state index contributed by atoms with van der Waals surface area (Å²) in [6.45, 7) is 0.251. The lowest BCUT2D eigenvalue weighted by Gasteiger charge is -2.08. The van der Waals surface area contributed by atoms with Gasteiger partial charge in [0.2, 0.25) is 0 Å². The quantitative estimate of drug-likeness (QED) is 0.879. The molecule has 0 aliphatic heterocycles. The van der Waals surface area contributed by atoms with E-state index in [0.29, 0.717) is 11.3 Å². The smallest absolute Gasteiger partial charge is 0.173 e. The fraction of sp³-hybridized carbons (Fsp3) is 0.167. The second kappa shape index (κ2) is 5.58. The molecule has 7 heteroatoms. The SMILES string of the molecule is COCc1cc(N)nc(-c2ccc(F)c(F)c2Br)n1. The van der Waals surface area contributed by atoms with Crippen molar-refractivity contribution in [1.82, 2.24) is 9.97 Å². The van der Waals surface area contributed by atoms with Crippen LogP contribution in [-0.2, 0) is 11.3 Å². The van der Waals surface area contributed by atoms with Gasteiger partial charge in [0, 0.05) is 18.7 Å². The lowest BCUT2D eigenvalue weighted by atomic mass is 10.2. The molecule has 0 aliphatic carbocycles. The molecule has 4 nitrogen and oxygen atoms in total. The van der Waals surface area contributed by atoms with Crippen LogP contribution in [0.15, 0.2) is 22.7 Å². The number of rotatable bonds is 3. The van der Waals surface area contributed by atoms with Crippen molar-refractivity contribution in [2.45, 2.75) is 6.61 Å². The third-order valence-electron chi connectivity index (χ3n) is 2.37. The molecule has 0 fully saturated rings. The first-order valence-electron chi connectivity index (χ1n) is 5.29. The average molecular weight is 330 g/mol. The van der Waals surface area contributed by atoms with E-state index < -0.39 is 11.6 Å². The summed E-state index contributed by atoms with van der Waals surface area (Å²) in [5, 5.41) is 0. The van der Waals surface area contributed by atoms with Crippen LogP contribution in [-0.4, -0.2) is 17.1 Å². The number of ether oxygens (including phenoxy) is 1. The number of anilines is 1. The van der Waals surface area contributed by atoms with E-state index in [9.17, 15) is 8.78 Å². The Labute approximate surface area is 116 Å². The maximum atomic E-state index is 13.5. The summed E-state index contributed by atoms with van der Waals surface area (Å²) in [6, 6.07) is 3.95. The number of hydrogen-bond acceptors (Lipinski definition) is 4. The van der Waals surface area contributed by atoms with Crippen molar-refractivity contribution in [2.24, 2.45) is 0 Å². The number of halogens is 3. The first-order chi connectivity index (χ1) is 9.02. The Morgan fingerprint density at radius 3 is 2.74 bits per heavy atom. The Morgan fingerprint density at radius 2 is 2.05 bits per heavy atom. The predicted molar refractivity (Wildman–Crippen MR) is 70.2 cm³/mol. The molecule has 2 N–H and O–H groups in total. The van der Waals surface area contributed by atoms with Crippen LogP contribution in [0.5, 0.6) is 0 Å². The minimum atomic E-state index is -0.989. The van der Waals surface area contributed by atoms with Gasteiger partial charge in [0.05, 0.1) is 16.8 Å². The van der Waals surface area contributed by atoms with Crippen LogP contribution in [0.25, 0.3) is 11.4 Å². The van der Waals surface area contributed by atoms with E-state index >= 15 is 0 Å². The molecule has 1 heterocycles. The number of nitrogen functional groups attached to an aromatic ring is 1. The number of nitrogens with zero attached hydrogens (tertiary/aromatic N) is 2. The van der Waals surface area contributed by atoms with Crippen molar-refractivity contribution in [1.29, 1.82) is 0 Å². The normalized spacial score (nSPS) is 10.7. The van der Waals surface area contributed by atoms with E-state index in [-0.39, 0.29) is 22.7 Å². The first kappa shape index (κ1) is 13.8. The zero-order valence-electron chi connectivity index (χ0n) is 9.95. The van der Waals surface area contributed by atoms with Gasteiger partial charge >= 0.3 is 0 Å². The molecular formula is C12H10BrF2N3O. The van der Waals surface area contributed by atoms with Crippen molar-refractivity contribution in [3.05, 3.63) is 40.0 Å². The fourth-order valence-corrected chi connectivity index (χ4v) is 2.06. The lowest BCUT2D eigenvalue weighted by molar-refractivity contribution is 0.181. The molecule has 100 valence electrons. The van der Waals surface area contributed by atoms with Crippen LogP contribution in [0, 0.1) is 11.6 Å². The molecule has 0 aliphatic rings. The van der Waals surface area contributed by atoms with E-state index in [1.807, 2.05) is 0 Å². The Balaban J connectivity index is 2.55. The molecule has 0 radical (unpaired) electrons. The fourth-order valence-electron chi connectivity index (χ4n) is 1.56. The molecule has 2 aromatic rings. The second-order valence-corrected chi connectivity index (χ2v) is 4.56. The number of aromatic nitrogens is 2. The van der Waals surface area contributed by atoms with Crippen molar-refractivity contribution >= 4 is 21.7 Å². The van der Waals surface area contributed by atoms with Crippen LogP contribution in [0.1, 0.15) is 5.69 Å². The molecule has 0 saturated carbocycles. The second-order valence-electron chi connectivity index (χ2n) is 3.76. The molecule has 0 saturated heterocycles. The summed E-state index contributed by atoms with van der Waals surface area (Å²) in [7, 11) is 1.52. The highest BCUT2D eigenvalue weighted by Crippen LogP contribution is 2.30. The van der Waals surface area contributed by atoms with Crippen LogP contribution >= 0.6 is 15.9 Å². The highest BCUT2D eigenvalue weighted by atomic mass is 79.9. The summed E-state index contributed by atoms with van der Waals surface area (Å²) >= 11 is 2.99. The van der Waals surface area contributed by atoms with Crippen molar-refractivity contribution in [2.75, 3.05) is 12.8 Å². The summed E-state index contributed by atoms with van der Waals surface area (Å²) < 4.78 is 31.5. The monoisotopic (exact) mass is 329 g/mol. The van der Waals surface area contributed by atoms with Gasteiger partial charge in [0.15, 0.2) is 17.5 Å². The van der Waals surface area contributed by atoms with E-state index in [1.165, 1.54) is 13.2 Å². The van der Waals surface area contributed by atoms with Gasteiger partial charge in [-0.1, -0.05) is 0 Å². The van der Waals surface area contributed by atoms with Crippen molar-refractivity contribution in [3.63, 3.8) is 0 Å². The van der Waals surface area contributed by atoms with Crippen molar-refractivity contribution < 1.29 is 13.5 Å². The highest BCUT2D eigenvalue weighted by Gasteiger charge is 2.15. The maximum Gasteiger partial charge on any atom is 0.173 e. The summed E-state index contributed by atoms with van der Waals surface area (Å²) in [5.74, 6) is -1.50. The van der Waals surface area contributed by atoms with Gasteiger partial charge in [-0.3, -0.25) is 0 Å². The highest BCUT2D eigenvalue weighted by molar-refractivity contribution is 9.10. The van der Waals surface area contributed by atoms with Gasteiger partial charge < -0.3 is 10.5 Å². The molecule has 1 aromatic heterocycles. The van der Waals surface area contributed by atoms with Gasteiger partial charge in [-0.2, -0.15) is 0 Å². The first-order valence-corrected chi connectivity index (χ1v) is 6.08. The van der Waals surface area contributed by atoms with Crippen LogP contribution in [0.2, 0.25) is 0 Å². The number of nitrogens with two attached hydrogens (primary N) is 1. The van der Waals surface area contributed by atoms with Crippen LogP contribution in [0.4, 0.5) is 14.6 Å². The standard InChI is InChI=1S/C12H10BrF2N3O/c1-19-5-6-4-9(16)18-12(17-6)7-2-3-8(14)11(15)10(7)13/h2-4H,5H2,1H3,(H2,16,17,18). The minimum absolute atomic E-state index is 0.0403. The number of methoxy groups -OCH3 is 1. The lowest BCUT2D eigenvalue weighted by Crippen LogP contribution is -2.02. The zero-order chi connectivity index (χ0) is 14.0. The van der Waals surface area contributed by atoms with Gasteiger partial charge in [0.1, 0.15) is 5.82 Å². The van der Waals surface area contributed by atoms with Crippen LogP contribution < -0.4 is 5.73 Å². The summed E-state index contributed by atoms with van der Waals surface area (Å²) in [5.41, 5.74) is 6.54. The molecule has 0 bridgehead atoms. The Morgan fingerprint density at radius 1 is 1.32 bits per heavy atom. The number of hydrogen-bond donors (Lipinski definition) is 1. The predicted octanol–water partition coefficient (Wildman–Crippen LogP) is 2.91. The minimum Gasteiger partial charge on any atom is -0.384 e. The Kier molecular flexibility index (Phi) is 4.06. The molecule has 0 unspecified atom stereocenters. The van der Waals surface area contributed by atoms with E-state index in [0.717, 1.165) is 6.07 Å². The largest absolute Gasteiger partial charge is 0.384 e. The molecule has 0 atom stereocenters. The van der Waals surface area contributed by atoms with Gasteiger partial charge in [0.25, 0.3) is 0 Å². The van der Waals surface area contributed by atoms with E-state index in [2.05, 4.69) is 25.9 Å². The Bertz CT molecular complexity index is 622. The molecule has 19 heavy (non-hydrogen) atoms. The van der Waals surface area contributed by atoms with E-state index in [4.69, 9.17) is 10.5 Å². The van der Waals surface area contributed by atoms with Gasteiger partial charge in [-0.05, 0) is 28.1 Å². The average Bonchev–Trinajstić information content (AvgIpc) is 2.36. The van der Waals surface area contributed by atoms with Crippen LogP contribution in [0.3, 0.4) is 0 Å².